The molecule has 0 heterocycles. The van der Waals surface area contributed by atoms with E-state index in [2.05, 4.69) is 33.9 Å². The highest BCUT2D eigenvalue weighted by atomic mass is 35.5. The molecule has 0 saturated heterocycles. The minimum atomic E-state index is -1.94. The van der Waals surface area contributed by atoms with Crippen LogP contribution in [-0.2, 0) is 0 Å². The fourth-order valence-corrected chi connectivity index (χ4v) is 2.77. The van der Waals surface area contributed by atoms with Crippen LogP contribution in [0.1, 0.15) is 36.7 Å². The van der Waals surface area contributed by atoms with Crippen LogP contribution in [0.3, 0.4) is 0 Å². The standard InChI is InChI=1S/C14H21ClO2Si/c1-10-7-12(15)8-11(9-16)13(10)17-18(5,6)14(2,3)4/h7-9H,1-6H3. The molecule has 1 rings (SSSR count). The van der Waals surface area contributed by atoms with Crippen molar-refractivity contribution in [3.63, 3.8) is 0 Å². The molecule has 0 spiro atoms. The monoisotopic (exact) mass is 284 g/mol. The van der Waals surface area contributed by atoms with Gasteiger partial charge in [0.1, 0.15) is 5.75 Å². The van der Waals surface area contributed by atoms with Crippen LogP contribution in [-0.4, -0.2) is 14.6 Å². The van der Waals surface area contributed by atoms with Crippen molar-refractivity contribution in [3.8, 4) is 5.75 Å². The zero-order valence-electron chi connectivity index (χ0n) is 11.9. The Hall–Kier alpha value is -0.803. The largest absolute Gasteiger partial charge is 0.543 e. The molecule has 4 heteroatoms. The van der Waals surface area contributed by atoms with Gasteiger partial charge in [-0.1, -0.05) is 32.4 Å². The lowest BCUT2D eigenvalue weighted by Crippen LogP contribution is -2.44. The fourth-order valence-electron chi connectivity index (χ4n) is 1.39. The molecule has 0 aliphatic carbocycles. The maximum atomic E-state index is 11.1. The first-order chi connectivity index (χ1) is 8.08. The molecule has 0 aromatic heterocycles. The highest BCUT2D eigenvalue weighted by Crippen LogP contribution is 2.39. The van der Waals surface area contributed by atoms with Gasteiger partial charge in [-0.25, -0.2) is 0 Å². The average Bonchev–Trinajstić information content (AvgIpc) is 2.19. The molecule has 0 atom stereocenters. The minimum Gasteiger partial charge on any atom is -0.543 e. The lowest BCUT2D eigenvalue weighted by atomic mass is 10.1. The van der Waals surface area contributed by atoms with Crippen LogP contribution in [0.15, 0.2) is 12.1 Å². The SMILES string of the molecule is Cc1cc(Cl)cc(C=O)c1O[Si](C)(C)C(C)(C)C. The third-order valence-electron chi connectivity index (χ3n) is 3.56. The zero-order valence-corrected chi connectivity index (χ0v) is 13.7. The van der Waals surface area contributed by atoms with Crippen molar-refractivity contribution in [3.05, 3.63) is 28.3 Å². The summed E-state index contributed by atoms with van der Waals surface area (Å²) in [5.41, 5.74) is 1.44. The summed E-state index contributed by atoms with van der Waals surface area (Å²) < 4.78 is 6.22. The van der Waals surface area contributed by atoms with Crippen molar-refractivity contribution in [2.24, 2.45) is 0 Å². The number of aldehydes is 1. The molecule has 0 bridgehead atoms. The maximum Gasteiger partial charge on any atom is 0.250 e. The van der Waals surface area contributed by atoms with Crippen LogP contribution < -0.4 is 4.43 Å². The van der Waals surface area contributed by atoms with E-state index in [1.165, 1.54) is 0 Å². The molecule has 1 aromatic rings. The van der Waals surface area contributed by atoms with Crippen LogP contribution in [0, 0.1) is 6.92 Å². The maximum absolute atomic E-state index is 11.1. The Labute approximate surface area is 115 Å². The van der Waals surface area contributed by atoms with Gasteiger partial charge in [0.2, 0.25) is 0 Å². The third-order valence-corrected chi connectivity index (χ3v) is 8.10. The van der Waals surface area contributed by atoms with Crippen molar-refractivity contribution >= 4 is 26.2 Å². The normalized spacial score (nSPS) is 12.4. The number of carbonyl (C=O) groups excluding carboxylic acids is 1. The smallest absolute Gasteiger partial charge is 0.250 e. The molecular formula is C14H21ClO2Si. The summed E-state index contributed by atoms with van der Waals surface area (Å²) in [6, 6.07) is 3.49. The van der Waals surface area contributed by atoms with Gasteiger partial charge in [0, 0.05) is 5.02 Å². The van der Waals surface area contributed by atoms with E-state index >= 15 is 0 Å². The Morgan fingerprint density at radius 2 is 1.83 bits per heavy atom. The molecule has 2 nitrogen and oxygen atoms in total. The van der Waals surface area contributed by atoms with Crippen LogP contribution in [0.5, 0.6) is 5.75 Å². The second-order valence-corrected chi connectivity index (χ2v) is 11.3. The van der Waals surface area contributed by atoms with Gasteiger partial charge in [0.05, 0.1) is 5.56 Å². The average molecular weight is 285 g/mol. The Kier molecular flexibility index (Phi) is 4.29. The van der Waals surface area contributed by atoms with Crippen LogP contribution in [0.2, 0.25) is 23.2 Å². The zero-order chi connectivity index (χ0) is 14.1. The first-order valence-corrected chi connectivity index (χ1v) is 9.31. The Balaban J connectivity index is 3.23. The van der Waals surface area contributed by atoms with Crippen LogP contribution in [0.25, 0.3) is 0 Å². The number of carbonyl (C=O) groups is 1. The lowest BCUT2D eigenvalue weighted by Gasteiger charge is -2.37. The van der Waals surface area contributed by atoms with E-state index in [1.807, 2.05) is 13.0 Å². The summed E-state index contributed by atoms with van der Waals surface area (Å²) >= 11 is 5.96. The number of benzene rings is 1. The molecule has 1 aromatic carbocycles. The van der Waals surface area contributed by atoms with Crippen molar-refractivity contribution in [2.75, 3.05) is 0 Å². The summed E-state index contributed by atoms with van der Waals surface area (Å²) in [7, 11) is -1.94. The summed E-state index contributed by atoms with van der Waals surface area (Å²) in [5.74, 6) is 0.681. The summed E-state index contributed by atoms with van der Waals surface area (Å²) in [6.45, 7) is 12.8. The Morgan fingerprint density at radius 3 is 2.28 bits per heavy atom. The van der Waals surface area contributed by atoms with Crippen molar-refractivity contribution < 1.29 is 9.22 Å². The van der Waals surface area contributed by atoms with Gasteiger partial charge in [0.15, 0.2) is 6.29 Å². The first kappa shape index (κ1) is 15.3. The quantitative estimate of drug-likeness (QED) is 0.586. The summed E-state index contributed by atoms with van der Waals surface area (Å²) in [5, 5.41) is 0.663. The molecule has 0 radical (unpaired) electrons. The molecule has 100 valence electrons. The molecule has 0 unspecified atom stereocenters. The van der Waals surface area contributed by atoms with Crippen molar-refractivity contribution in [1.29, 1.82) is 0 Å². The highest BCUT2D eigenvalue weighted by Gasteiger charge is 2.39. The third kappa shape index (κ3) is 3.15. The first-order valence-electron chi connectivity index (χ1n) is 6.03. The van der Waals surface area contributed by atoms with Crippen LogP contribution >= 0.6 is 11.6 Å². The van der Waals surface area contributed by atoms with E-state index in [0.29, 0.717) is 16.3 Å². The van der Waals surface area contributed by atoms with Crippen molar-refractivity contribution in [1.82, 2.24) is 0 Å². The second kappa shape index (κ2) is 5.06. The van der Waals surface area contributed by atoms with Gasteiger partial charge in [-0.3, -0.25) is 4.79 Å². The highest BCUT2D eigenvalue weighted by molar-refractivity contribution is 6.74. The Bertz CT molecular complexity index is 462. The lowest BCUT2D eigenvalue weighted by molar-refractivity contribution is 0.112. The van der Waals surface area contributed by atoms with Gasteiger partial charge >= 0.3 is 0 Å². The number of hydrogen-bond donors (Lipinski definition) is 0. The topological polar surface area (TPSA) is 26.3 Å². The molecule has 0 amide bonds. The second-order valence-electron chi connectivity index (χ2n) is 6.12. The van der Waals surface area contributed by atoms with Crippen LogP contribution in [0.4, 0.5) is 0 Å². The number of rotatable bonds is 3. The van der Waals surface area contributed by atoms with E-state index in [1.54, 1.807) is 6.07 Å². The van der Waals surface area contributed by atoms with E-state index in [-0.39, 0.29) is 5.04 Å². The predicted octanol–water partition coefficient (Wildman–Crippen LogP) is 4.84. The molecule has 0 fully saturated rings. The van der Waals surface area contributed by atoms with Gasteiger partial charge in [-0.15, -0.1) is 0 Å². The van der Waals surface area contributed by atoms with Crippen molar-refractivity contribution in [2.45, 2.75) is 45.8 Å². The van der Waals surface area contributed by atoms with E-state index < -0.39 is 8.32 Å². The Morgan fingerprint density at radius 1 is 1.28 bits per heavy atom. The summed E-state index contributed by atoms with van der Waals surface area (Å²) in [4.78, 5) is 11.1. The molecule has 18 heavy (non-hydrogen) atoms. The number of halogens is 1. The van der Waals surface area contributed by atoms with Gasteiger partial charge in [-0.2, -0.15) is 0 Å². The molecule has 0 aliphatic heterocycles. The fraction of sp³-hybridized carbons (Fsp3) is 0.500. The molecular weight excluding hydrogens is 264 g/mol. The number of aryl methyl sites for hydroxylation is 1. The minimum absolute atomic E-state index is 0.0965. The molecule has 0 aliphatic rings. The van der Waals surface area contributed by atoms with Gasteiger partial charge < -0.3 is 4.43 Å². The molecule has 0 saturated carbocycles. The number of hydrogen-bond acceptors (Lipinski definition) is 2. The van der Waals surface area contributed by atoms with E-state index in [9.17, 15) is 4.79 Å². The van der Waals surface area contributed by atoms with E-state index in [4.69, 9.17) is 16.0 Å². The molecule has 0 N–H and O–H groups in total. The predicted molar refractivity (Wildman–Crippen MR) is 79.4 cm³/mol. The van der Waals surface area contributed by atoms with Gasteiger partial charge in [0.25, 0.3) is 8.32 Å². The summed E-state index contributed by atoms with van der Waals surface area (Å²) in [6.07, 6.45) is 0.807. The van der Waals surface area contributed by atoms with E-state index in [0.717, 1.165) is 11.8 Å². The van der Waals surface area contributed by atoms with Gasteiger partial charge in [-0.05, 0) is 42.8 Å².